The summed E-state index contributed by atoms with van der Waals surface area (Å²) in [6.07, 6.45) is 3.36. The van der Waals surface area contributed by atoms with E-state index in [0.29, 0.717) is 29.4 Å². The van der Waals surface area contributed by atoms with Crippen molar-refractivity contribution in [1.82, 2.24) is 9.29 Å². The third-order valence-electron chi connectivity index (χ3n) is 4.00. The van der Waals surface area contributed by atoms with Crippen LogP contribution < -0.4 is 5.32 Å². The molecule has 0 atom stereocenters. The summed E-state index contributed by atoms with van der Waals surface area (Å²) in [5.41, 5.74) is 0.689. The zero-order valence-corrected chi connectivity index (χ0v) is 18.0. The molecule has 0 aliphatic rings. The number of esters is 1. The van der Waals surface area contributed by atoms with Crippen molar-refractivity contribution in [3.05, 3.63) is 48.2 Å². The fourth-order valence-electron chi connectivity index (χ4n) is 2.54. The monoisotopic (exact) mass is 437 g/mol. The molecule has 0 fully saturated rings. The first-order valence-corrected chi connectivity index (χ1v) is 11.6. The molecule has 29 heavy (non-hydrogen) atoms. The van der Waals surface area contributed by atoms with E-state index in [2.05, 4.69) is 10.3 Å². The molecule has 1 aromatic heterocycles. The summed E-state index contributed by atoms with van der Waals surface area (Å²) in [6, 6.07) is 9.02. The number of nitrogens with one attached hydrogen (secondary N) is 1. The maximum absolute atomic E-state index is 12.5. The van der Waals surface area contributed by atoms with E-state index in [1.807, 2.05) is 0 Å². The number of pyridine rings is 1. The number of hydrogen-bond donors (Lipinski definition) is 1. The van der Waals surface area contributed by atoms with Crippen LogP contribution >= 0.6 is 11.8 Å². The Hall–Kier alpha value is -2.43. The van der Waals surface area contributed by atoms with E-state index in [1.54, 1.807) is 38.4 Å². The molecule has 10 heteroatoms. The molecule has 0 unspecified atom stereocenters. The SMILES string of the molecule is CCN(CC)S(=O)(=O)c1ccc(NC(=O)COC(=O)c2cccnc2SC)cc1. The van der Waals surface area contributed by atoms with Gasteiger partial charge in [0.2, 0.25) is 10.0 Å². The van der Waals surface area contributed by atoms with Gasteiger partial charge in [0.05, 0.1) is 10.5 Å². The summed E-state index contributed by atoms with van der Waals surface area (Å²) in [5, 5.41) is 3.08. The molecule has 156 valence electrons. The van der Waals surface area contributed by atoms with Gasteiger partial charge in [-0.3, -0.25) is 4.79 Å². The van der Waals surface area contributed by atoms with Gasteiger partial charge < -0.3 is 10.1 Å². The lowest BCUT2D eigenvalue weighted by atomic mass is 10.3. The molecule has 0 bridgehead atoms. The average molecular weight is 438 g/mol. The molecule has 1 heterocycles. The molecule has 0 saturated heterocycles. The number of rotatable bonds is 9. The summed E-state index contributed by atoms with van der Waals surface area (Å²) in [5.74, 6) is -1.18. The Morgan fingerprint density at radius 1 is 1.14 bits per heavy atom. The number of amides is 1. The largest absolute Gasteiger partial charge is 0.452 e. The Morgan fingerprint density at radius 3 is 2.38 bits per heavy atom. The first-order chi connectivity index (χ1) is 13.8. The van der Waals surface area contributed by atoms with Crippen LogP contribution in [0.1, 0.15) is 24.2 Å². The van der Waals surface area contributed by atoms with E-state index in [-0.39, 0.29) is 4.90 Å². The van der Waals surface area contributed by atoms with Crippen molar-refractivity contribution in [2.45, 2.75) is 23.8 Å². The number of carbonyl (C=O) groups excluding carboxylic acids is 2. The molecule has 0 radical (unpaired) electrons. The van der Waals surface area contributed by atoms with Crippen LogP contribution in [-0.4, -0.2) is 55.5 Å². The summed E-state index contributed by atoms with van der Waals surface area (Å²) >= 11 is 1.30. The number of aromatic nitrogens is 1. The van der Waals surface area contributed by atoms with Gasteiger partial charge in [0.25, 0.3) is 5.91 Å². The highest BCUT2D eigenvalue weighted by molar-refractivity contribution is 7.98. The molecule has 0 aliphatic carbocycles. The second kappa shape index (κ2) is 10.4. The fraction of sp³-hybridized carbons (Fsp3) is 0.316. The summed E-state index contributed by atoms with van der Waals surface area (Å²) in [7, 11) is -3.56. The van der Waals surface area contributed by atoms with Crippen molar-refractivity contribution in [1.29, 1.82) is 0 Å². The van der Waals surface area contributed by atoms with Crippen molar-refractivity contribution in [3.63, 3.8) is 0 Å². The standard InChI is InChI=1S/C19H23N3O5S2/c1-4-22(5-2)29(25,26)15-10-8-14(9-11-15)21-17(23)13-27-19(24)16-7-6-12-20-18(16)28-3/h6-12H,4-5,13H2,1-3H3,(H,21,23). The van der Waals surface area contributed by atoms with Gasteiger partial charge >= 0.3 is 5.97 Å². The summed E-state index contributed by atoms with van der Waals surface area (Å²) in [6.45, 7) is 3.81. The second-order valence-corrected chi connectivity index (χ2v) is 8.53. The van der Waals surface area contributed by atoms with Crippen molar-refractivity contribution in [3.8, 4) is 0 Å². The molecular weight excluding hydrogens is 414 g/mol. The van der Waals surface area contributed by atoms with Gasteiger partial charge in [0, 0.05) is 25.0 Å². The van der Waals surface area contributed by atoms with Gasteiger partial charge in [0.15, 0.2) is 6.61 Å². The number of ether oxygens (including phenoxy) is 1. The van der Waals surface area contributed by atoms with Gasteiger partial charge in [-0.25, -0.2) is 18.2 Å². The van der Waals surface area contributed by atoms with Crippen LogP contribution in [0.4, 0.5) is 5.69 Å². The van der Waals surface area contributed by atoms with Crippen LogP contribution in [0.3, 0.4) is 0 Å². The maximum Gasteiger partial charge on any atom is 0.341 e. The Kier molecular flexibility index (Phi) is 8.18. The zero-order valence-electron chi connectivity index (χ0n) is 16.4. The molecule has 1 amide bonds. The van der Waals surface area contributed by atoms with Crippen LogP contribution in [0.2, 0.25) is 0 Å². The highest BCUT2D eigenvalue weighted by Gasteiger charge is 2.21. The lowest BCUT2D eigenvalue weighted by molar-refractivity contribution is -0.119. The number of thioether (sulfide) groups is 1. The van der Waals surface area contributed by atoms with E-state index >= 15 is 0 Å². The van der Waals surface area contributed by atoms with E-state index in [0.717, 1.165) is 0 Å². The highest BCUT2D eigenvalue weighted by Crippen LogP contribution is 2.19. The van der Waals surface area contributed by atoms with Gasteiger partial charge in [-0.1, -0.05) is 13.8 Å². The maximum atomic E-state index is 12.5. The van der Waals surface area contributed by atoms with Crippen LogP contribution in [0.15, 0.2) is 52.5 Å². The summed E-state index contributed by atoms with van der Waals surface area (Å²) in [4.78, 5) is 28.4. The minimum absolute atomic E-state index is 0.145. The number of benzene rings is 1. The predicted molar refractivity (Wildman–Crippen MR) is 111 cm³/mol. The average Bonchev–Trinajstić information content (AvgIpc) is 2.73. The fourth-order valence-corrected chi connectivity index (χ4v) is 4.53. The number of nitrogens with zero attached hydrogens (tertiary/aromatic N) is 2. The van der Waals surface area contributed by atoms with Crippen molar-refractivity contribution < 1.29 is 22.7 Å². The smallest absolute Gasteiger partial charge is 0.341 e. The molecule has 1 aromatic carbocycles. The van der Waals surface area contributed by atoms with Crippen LogP contribution in [-0.2, 0) is 19.6 Å². The van der Waals surface area contributed by atoms with Crippen molar-refractivity contribution in [2.24, 2.45) is 0 Å². The quantitative estimate of drug-likeness (QED) is 0.475. The Labute approximate surface area is 174 Å². The molecule has 2 rings (SSSR count). The first kappa shape index (κ1) is 22.9. The highest BCUT2D eigenvalue weighted by atomic mass is 32.2. The second-order valence-electron chi connectivity index (χ2n) is 5.80. The van der Waals surface area contributed by atoms with Gasteiger partial charge in [0.1, 0.15) is 5.03 Å². The molecule has 0 saturated carbocycles. The third-order valence-corrected chi connectivity index (χ3v) is 6.78. The number of hydrogen-bond acceptors (Lipinski definition) is 7. The number of carbonyl (C=O) groups is 2. The molecule has 0 spiro atoms. The summed E-state index contributed by atoms with van der Waals surface area (Å²) < 4.78 is 31.3. The molecular formula is C19H23N3O5S2. The molecule has 2 aromatic rings. The zero-order chi connectivity index (χ0) is 21.4. The minimum atomic E-state index is -3.56. The molecule has 1 N–H and O–H groups in total. The first-order valence-electron chi connectivity index (χ1n) is 8.89. The lowest BCUT2D eigenvalue weighted by Gasteiger charge is -2.18. The van der Waals surface area contributed by atoms with Crippen molar-refractivity contribution in [2.75, 3.05) is 31.3 Å². The Balaban J connectivity index is 1.97. The van der Waals surface area contributed by atoms with Crippen LogP contribution in [0.5, 0.6) is 0 Å². The van der Waals surface area contributed by atoms with E-state index in [9.17, 15) is 18.0 Å². The Bertz CT molecular complexity index is 958. The Morgan fingerprint density at radius 2 is 1.79 bits per heavy atom. The van der Waals surface area contributed by atoms with Gasteiger partial charge in [-0.15, -0.1) is 11.8 Å². The predicted octanol–water partition coefficient (Wildman–Crippen LogP) is 2.63. The van der Waals surface area contributed by atoms with Crippen molar-refractivity contribution >= 4 is 39.3 Å². The molecule has 8 nitrogen and oxygen atoms in total. The van der Waals surface area contributed by atoms with Gasteiger partial charge in [-0.05, 0) is 42.7 Å². The van der Waals surface area contributed by atoms with E-state index < -0.39 is 28.5 Å². The van der Waals surface area contributed by atoms with Crippen LogP contribution in [0.25, 0.3) is 0 Å². The molecule has 0 aliphatic heterocycles. The lowest BCUT2D eigenvalue weighted by Crippen LogP contribution is -2.30. The number of sulfonamides is 1. The third kappa shape index (κ3) is 5.78. The van der Waals surface area contributed by atoms with Gasteiger partial charge in [-0.2, -0.15) is 4.31 Å². The van der Waals surface area contributed by atoms with E-state index in [4.69, 9.17) is 4.74 Å². The minimum Gasteiger partial charge on any atom is -0.452 e. The topological polar surface area (TPSA) is 106 Å². The van der Waals surface area contributed by atoms with Crippen LogP contribution in [0, 0.1) is 0 Å². The van der Waals surface area contributed by atoms with E-state index in [1.165, 1.54) is 40.3 Å². The number of anilines is 1. The normalized spacial score (nSPS) is 11.3.